The molecule has 44 heavy (non-hydrogen) atoms. The number of fused-ring (bicyclic) bond motifs is 1. The quantitative estimate of drug-likeness (QED) is 0.0886. The number of hydrogen-bond donors (Lipinski definition) is 2. The van der Waals surface area contributed by atoms with Crippen LogP contribution in [0, 0.1) is 0 Å². The van der Waals surface area contributed by atoms with Crippen molar-refractivity contribution in [3.05, 3.63) is 90.5 Å². The summed E-state index contributed by atoms with van der Waals surface area (Å²) in [4.78, 5) is 35.4. The number of hydrogen-bond acceptors (Lipinski definition) is 8. The van der Waals surface area contributed by atoms with Crippen LogP contribution in [0.15, 0.2) is 94.7 Å². The predicted molar refractivity (Wildman–Crippen MR) is 160 cm³/mol. The zero-order chi connectivity index (χ0) is 32.1. The van der Waals surface area contributed by atoms with Crippen LogP contribution >= 0.6 is 11.8 Å². The molecule has 0 aromatic heterocycles. The first kappa shape index (κ1) is 32.1. The number of alkyl halides is 3. The molecule has 14 heteroatoms. The van der Waals surface area contributed by atoms with Gasteiger partial charge in [0.2, 0.25) is 5.91 Å². The van der Waals surface area contributed by atoms with E-state index in [1.807, 2.05) is 0 Å². The van der Waals surface area contributed by atoms with Gasteiger partial charge in [-0.3, -0.25) is 19.1 Å². The van der Waals surface area contributed by atoms with Crippen LogP contribution in [-0.4, -0.2) is 31.8 Å². The number of carbonyl (C=O) groups excluding carboxylic acids is 3. The Hall–Kier alpha value is -4.82. The van der Waals surface area contributed by atoms with Crippen LogP contribution in [0.1, 0.15) is 19.4 Å². The molecule has 0 aliphatic carbocycles. The third-order valence-electron chi connectivity index (χ3n) is 5.67. The second-order valence-corrected chi connectivity index (χ2v) is 11.8. The third kappa shape index (κ3) is 8.61. The van der Waals surface area contributed by atoms with E-state index in [-0.39, 0.29) is 44.1 Å². The van der Waals surface area contributed by atoms with Gasteiger partial charge in [-0.25, -0.2) is 8.42 Å². The lowest BCUT2D eigenvalue weighted by Crippen LogP contribution is -2.14. The van der Waals surface area contributed by atoms with E-state index in [1.165, 1.54) is 62.4 Å². The highest BCUT2D eigenvalue weighted by Crippen LogP contribution is 2.37. The van der Waals surface area contributed by atoms with Crippen molar-refractivity contribution in [2.75, 3.05) is 10.0 Å². The Kier molecular flexibility index (Phi) is 9.65. The minimum Gasteiger partial charge on any atom is -0.423 e. The molecule has 0 bridgehead atoms. The van der Waals surface area contributed by atoms with Crippen LogP contribution in [0.2, 0.25) is 0 Å². The topological polar surface area (TPSA) is 128 Å². The molecule has 2 N–H and O–H groups in total. The number of nitrogens with one attached hydrogen (secondary N) is 2. The maximum absolute atomic E-state index is 13.2. The van der Waals surface area contributed by atoms with E-state index in [1.54, 1.807) is 30.3 Å². The van der Waals surface area contributed by atoms with Crippen molar-refractivity contribution in [2.45, 2.75) is 29.1 Å². The minimum atomic E-state index is -4.47. The molecule has 0 heterocycles. The molecule has 9 nitrogen and oxygen atoms in total. The summed E-state index contributed by atoms with van der Waals surface area (Å²) in [7, 11) is -4.18. The van der Waals surface area contributed by atoms with Crippen molar-refractivity contribution >= 4 is 67.9 Å². The van der Waals surface area contributed by atoms with E-state index < -0.39 is 33.4 Å². The Morgan fingerprint density at radius 3 is 2.11 bits per heavy atom. The zero-order valence-corrected chi connectivity index (χ0v) is 24.6. The van der Waals surface area contributed by atoms with E-state index in [4.69, 9.17) is 9.47 Å². The molecule has 4 aromatic carbocycles. The molecule has 0 spiro atoms. The molecule has 4 aromatic rings. The Bertz CT molecular complexity index is 1870. The van der Waals surface area contributed by atoms with Gasteiger partial charge in [-0.1, -0.05) is 30.3 Å². The fourth-order valence-electron chi connectivity index (χ4n) is 4.01. The van der Waals surface area contributed by atoms with E-state index in [2.05, 4.69) is 10.0 Å². The van der Waals surface area contributed by atoms with Crippen molar-refractivity contribution in [1.82, 2.24) is 0 Å². The van der Waals surface area contributed by atoms with Gasteiger partial charge in [0.15, 0.2) is 11.5 Å². The van der Waals surface area contributed by atoms with Gasteiger partial charge in [0.05, 0.1) is 4.90 Å². The highest BCUT2D eigenvalue weighted by atomic mass is 32.2. The van der Waals surface area contributed by atoms with Crippen LogP contribution in [0.5, 0.6) is 11.5 Å². The van der Waals surface area contributed by atoms with Crippen molar-refractivity contribution in [2.24, 2.45) is 0 Å². The minimum absolute atomic E-state index is 0.0113. The maximum Gasteiger partial charge on any atom is 0.446 e. The lowest BCUT2D eigenvalue weighted by molar-refractivity contribution is -0.134. The molecule has 4 rings (SSSR count). The molecular weight excluding hydrogens is 621 g/mol. The molecule has 0 atom stereocenters. The molecule has 1 amide bonds. The Labute approximate surface area is 254 Å². The van der Waals surface area contributed by atoms with Crippen molar-refractivity contribution in [3.63, 3.8) is 0 Å². The van der Waals surface area contributed by atoms with Crippen LogP contribution in [0.3, 0.4) is 0 Å². The highest BCUT2D eigenvalue weighted by Gasteiger charge is 2.29. The van der Waals surface area contributed by atoms with Gasteiger partial charge in [-0.05, 0) is 71.9 Å². The summed E-state index contributed by atoms with van der Waals surface area (Å²) in [6.07, 6.45) is 2.64. The number of carbonyl (C=O) groups is 3. The van der Waals surface area contributed by atoms with Crippen LogP contribution in [0.4, 0.5) is 24.5 Å². The lowest BCUT2D eigenvalue weighted by atomic mass is 10.1. The fraction of sp³-hybridized carbons (Fsp3) is 0.100. The number of sulfonamides is 1. The Balaban J connectivity index is 1.54. The van der Waals surface area contributed by atoms with Crippen molar-refractivity contribution in [3.8, 4) is 11.5 Å². The Morgan fingerprint density at radius 1 is 0.818 bits per heavy atom. The van der Waals surface area contributed by atoms with Gasteiger partial charge in [0.25, 0.3) is 10.0 Å². The number of esters is 2. The standard InChI is InChI=1S/C30H23F3N2O7S2/c1-18(36)41-26-15-9-20(17-27(26)42-19(2)37)10-16-29(38)34-25-7-3-6-24-23(25)5-4-8-28(24)44(39,40)35-21-11-13-22(14-12-21)43-30(31,32)33/h3-17,35H,1-2H3,(H,34,38)/b16-10+. The van der Waals surface area contributed by atoms with Crippen LogP contribution in [-0.2, 0) is 24.4 Å². The fourth-order valence-corrected chi connectivity index (χ4v) is 5.83. The van der Waals surface area contributed by atoms with E-state index >= 15 is 0 Å². The van der Waals surface area contributed by atoms with E-state index in [9.17, 15) is 36.0 Å². The molecule has 0 saturated heterocycles. The van der Waals surface area contributed by atoms with Crippen LogP contribution in [0.25, 0.3) is 16.8 Å². The van der Waals surface area contributed by atoms with Gasteiger partial charge >= 0.3 is 17.4 Å². The molecular formula is C30H23F3N2O7S2. The number of anilines is 2. The second-order valence-electron chi connectivity index (χ2n) is 9.05. The van der Waals surface area contributed by atoms with E-state index in [0.29, 0.717) is 16.6 Å². The molecule has 0 saturated carbocycles. The largest absolute Gasteiger partial charge is 0.446 e. The number of benzene rings is 4. The van der Waals surface area contributed by atoms with E-state index in [0.717, 1.165) is 12.1 Å². The van der Waals surface area contributed by atoms with Gasteiger partial charge in [0.1, 0.15) is 0 Å². The van der Waals surface area contributed by atoms with Gasteiger partial charge in [-0.15, -0.1) is 0 Å². The number of thioether (sulfide) groups is 1. The highest BCUT2D eigenvalue weighted by molar-refractivity contribution is 8.00. The molecule has 0 radical (unpaired) electrons. The summed E-state index contributed by atoms with van der Waals surface area (Å²) in [6.45, 7) is 2.38. The number of ether oxygens (including phenoxy) is 2. The summed E-state index contributed by atoms with van der Waals surface area (Å²) in [5.74, 6) is -1.78. The monoisotopic (exact) mass is 644 g/mol. The van der Waals surface area contributed by atoms with Gasteiger partial charge in [0, 0.05) is 47.0 Å². The first-order valence-corrected chi connectivity index (χ1v) is 14.9. The molecule has 0 fully saturated rings. The first-order valence-electron chi connectivity index (χ1n) is 12.6. The summed E-state index contributed by atoms with van der Waals surface area (Å²) in [5, 5.41) is 3.41. The zero-order valence-electron chi connectivity index (χ0n) is 23.0. The summed E-state index contributed by atoms with van der Waals surface area (Å²) in [5.41, 5.74) is -3.64. The molecule has 0 aliphatic heterocycles. The van der Waals surface area contributed by atoms with Gasteiger partial charge in [-0.2, -0.15) is 13.2 Å². The average Bonchev–Trinajstić information content (AvgIpc) is 2.92. The lowest BCUT2D eigenvalue weighted by Gasteiger charge is -2.13. The first-order chi connectivity index (χ1) is 20.7. The van der Waals surface area contributed by atoms with Crippen molar-refractivity contribution in [1.29, 1.82) is 0 Å². The molecule has 0 aliphatic rings. The predicted octanol–water partition coefficient (Wildman–Crippen LogP) is 6.76. The SMILES string of the molecule is CC(=O)Oc1ccc(/C=C/C(=O)Nc2cccc3c(S(=O)(=O)Nc4ccc(SC(F)(F)F)cc4)cccc23)cc1OC(C)=O. The summed E-state index contributed by atoms with van der Waals surface area (Å²) in [6, 6.07) is 18.3. The normalized spacial score (nSPS) is 11.8. The number of halogens is 3. The molecule has 0 unspecified atom stereocenters. The maximum atomic E-state index is 13.2. The average molecular weight is 645 g/mol. The van der Waals surface area contributed by atoms with Crippen LogP contribution < -0.4 is 19.5 Å². The Morgan fingerprint density at radius 2 is 1.45 bits per heavy atom. The summed E-state index contributed by atoms with van der Waals surface area (Å²) >= 11 is -0.312. The van der Waals surface area contributed by atoms with Gasteiger partial charge < -0.3 is 14.8 Å². The third-order valence-corrected chi connectivity index (χ3v) is 7.85. The number of rotatable bonds is 9. The smallest absolute Gasteiger partial charge is 0.423 e. The summed E-state index contributed by atoms with van der Waals surface area (Å²) < 4.78 is 76.8. The number of amides is 1. The second kappa shape index (κ2) is 13.2. The molecule has 228 valence electrons. The van der Waals surface area contributed by atoms with Crippen molar-refractivity contribution < 1.29 is 45.4 Å².